The molecule has 2 rings (SSSR count). The van der Waals surface area contributed by atoms with Crippen molar-refractivity contribution < 1.29 is 4.79 Å². The van der Waals surface area contributed by atoms with Crippen LogP contribution in [0.3, 0.4) is 0 Å². The zero-order valence-corrected chi connectivity index (χ0v) is 11.9. The first-order valence-electron chi connectivity index (χ1n) is 7.22. The lowest BCUT2D eigenvalue weighted by atomic mass is 9.87. The SMILES string of the molecule is CC(C)NC(=O)C(C)NC(C)C1CC2C=CC1C2. The van der Waals surface area contributed by atoms with E-state index in [9.17, 15) is 4.79 Å². The standard InChI is InChI=1S/C15H26N2O/c1-9(2)16-15(18)11(4)17-10(3)14-8-12-5-6-13(14)7-12/h5-6,9-14,17H,7-8H2,1-4H3,(H,16,18). The summed E-state index contributed by atoms with van der Waals surface area (Å²) in [6.45, 7) is 8.17. The predicted octanol–water partition coefficient (Wildman–Crippen LogP) is 2.09. The molecule has 18 heavy (non-hydrogen) atoms. The van der Waals surface area contributed by atoms with Gasteiger partial charge in [-0.3, -0.25) is 4.79 Å². The van der Waals surface area contributed by atoms with Crippen LogP contribution in [0.15, 0.2) is 12.2 Å². The third kappa shape index (κ3) is 2.94. The quantitative estimate of drug-likeness (QED) is 0.734. The zero-order valence-electron chi connectivity index (χ0n) is 11.9. The fraction of sp³-hybridized carbons (Fsp3) is 0.800. The first kappa shape index (κ1) is 13.6. The largest absolute Gasteiger partial charge is 0.353 e. The average Bonchev–Trinajstić information content (AvgIpc) is 2.89. The van der Waals surface area contributed by atoms with Gasteiger partial charge in [0.25, 0.3) is 0 Å². The van der Waals surface area contributed by atoms with E-state index in [0.29, 0.717) is 12.0 Å². The molecule has 2 aliphatic rings. The minimum absolute atomic E-state index is 0.106. The van der Waals surface area contributed by atoms with Crippen molar-refractivity contribution in [3.05, 3.63) is 12.2 Å². The van der Waals surface area contributed by atoms with Gasteiger partial charge in [0.1, 0.15) is 0 Å². The van der Waals surface area contributed by atoms with Crippen molar-refractivity contribution in [2.45, 2.75) is 58.7 Å². The number of hydrogen-bond acceptors (Lipinski definition) is 2. The summed E-state index contributed by atoms with van der Waals surface area (Å²) in [7, 11) is 0. The highest BCUT2D eigenvalue weighted by Gasteiger charge is 2.38. The Kier molecular flexibility index (Phi) is 4.10. The first-order chi connectivity index (χ1) is 8.47. The van der Waals surface area contributed by atoms with E-state index >= 15 is 0 Å². The maximum atomic E-state index is 11.9. The fourth-order valence-corrected chi connectivity index (χ4v) is 3.40. The second kappa shape index (κ2) is 5.43. The van der Waals surface area contributed by atoms with Crippen LogP contribution in [0.5, 0.6) is 0 Å². The molecule has 0 saturated heterocycles. The Balaban J connectivity index is 1.82. The molecule has 0 aromatic rings. The molecule has 1 fully saturated rings. The highest BCUT2D eigenvalue weighted by molar-refractivity contribution is 5.81. The molecular formula is C15H26N2O. The Hall–Kier alpha value is -0.830. The van der Waals surface area contributed by atoms with Gasteiger partial charge in [-0.05, 0) is 58.3 Å². The summed E-state index contributed by atoms with van der Waals surface area (Å²) in [5, 5.41) is 6.42. The van der Waals surface area contributed by atoms with E-state index in [0.717, 1.165) is 11.8 Å². The lowest BCUT2D eigenvalue weighted by Gasteiger charge is -2.29. The molecule has 0 radical (unpaired) electrons. The Bertz CT molecular complexity index is 337. The molecule has 0 aromatic carbocycles. The van der Waals surface area contributed by atoms with Crippen molar-refractivity contribution in [2.75, 3.05) is 0 Å². The van der Waals surface area contributed by atoms with Crippen LogP contribution in [0.25, 0.3) is 0 Å². The van der Waals surface area contributed by atoms with Crippen LogP contribution in [0.2, 0.25) is 0 Å². The molecular weight excluding hydrogens is 224 g/mol. The molecule has 2 aliphatic carbocycles. The number of amides is 1. The smallest absolute Gasteiger partial charge is 0.237 e. The van der Waals surface area contributed by atoms with Crippen LogP contribution in [-0.2, 0) is 4.79 Å². The average molecular weight is 250 g/mol. The fourth-order valence-electron chi connectivity index (χ4n) is 3.40. The van der Waals surface area contributed by atoms with E-state index in [-0.39, 0.29) is 18.0 Å². The van der Waals surface area contributed by atoms with E-state index in [2.05, 4.69) is 29.7 Å². The summed E-state index contributed by atoms with van der Waals surface area (Å²) in [5.74, 6) is 2.34. The number of fused-ring (bicyclic) bond motifs is 2. The van der Waals surface area contributed by atoms with Gasteiger partial charge in [0.15, 0.2) is 0 Å². The van der Waals surface area contributed by atoms with Crippen LogP contribution in [0.1, 0.15) is 40.5 Å². The van der Waals surface area contributed by atoms with Gasteiger partial charge in [-0.15, -0.1) is 0 Å². The van der Waals surface area contributed by atoms with Crippen LogP contribution < -0.4 is 10.6 Å². The minimum atomic E-state index is -0.106. The van der Waals surface area contributed by atoms with Gasteiger partial charge >= 0.3 is 0 Å². The van der Waals surface area contributed by atoms with Gasteiger partial charge in [-0.1, -0.05) is 12.2 Å². The van der Waals surface area contributed by atoms with Crippen molar-refractivity contribution in [3.8, 4) is 0 Å². The second-order valence-corrected chi connectivity index (χ2v) is 6.28. The number of carbonyl (C=O) groups excluding carboxylic acids is 1. The summed E-state index contributed by atoms with van der Waals surface area (Å²) >= 11 is 0. The molecule has 3 nitrogen and oxygen atoms in total. The molecule has 0 aliphatic heterocycles. The molecule has 0 spiro atoms. The minimum Gasteiger partial charge on any atom is -0.353 e. The maximum absolute atomic E-state index is 11.9. The van der Waals surface area contributed by atoms with Crippen LogP contribution in [-0.4, -0.2) is 24.0 Å². The van der Waals surface area contributed by atoms with E-state index in [4.69, 9.17) is 0 Å². The number of carbonyl (C=O) groups is 1. The van der Waals surface area contributed by atoms with Gasteiger partial charge < -0.3 is 10.6 Å². The van der Waals surface area contributed by atoms with Gasteiger partial charge in [0.05, 0.1) is 6.04 Å². The maximum Gasteiger partial charge on any atom is 0.237 e. The Labute approximate surface area is 110 Å². The molecule has 5 unspecified atom stereocenters. The highest BCUT2D eigenvalue weighted by atomic mass is 16.2. The van der Waals surface area contributed by atoms with E-state index in [1.165, 1.54) is 12.8 Å². The molecule has 1 saturated carbocycles. The monoisotopic (exact) mass is 250 g/mol. The Morgan fingerprint density at radius 1 is 1.17 bits per heavy atom. The van der Waals surface area contributed by atoms with Crippen molar-refractivity contribution in [1.82, 2.24) is 10.6 Å². The lowest BCUT2D eigenvalue weighted by Crippen LogP contribution is -2.49. The second-order valence-electron chi connectivity index (χ2n) is 6.28. The van der Waals surface area contributed by atoms with Crippen molar-refractivity contribution in [2.24, 2.45) is 17.8 Å². The van der Waals surface area contributed by atoms with E-state index < -0.39 is 0 Å². The molecule has 2 bridgehead atoms. The molecule has 0 aromatic heterocycles. The highest BCUT2D eigenvalue weighted by Crippen LogP contribution is 2.44. The normalized spacial score (nSPS) is 32.8. The van der Waals surface area contributed by atoms with Crippen LogP contribution in [0.4, 0.5) is 0 Å². The lowest BCUT2D eigenvalue weighted by molar-refractivity contribution is -0.123. The van der Waals surface area contributed by atoms with Crippen molar-refractivity contribution >= 4 is 5.91 Å². The van der Waals surface area contributed by atoms with Crippen LogP contribution in [0, 0.1) is 17.8 Å². The molecule has 102 valence electrons. The topological polar surface area (TPSA) is 41.1 Å². The summed E-state index contributed by atoms with van der Waals surface area (Å²) in [5.41, 5.74) is 0. The number of hydrogen-bond donors (Lipinski definition) is 2. The van der Waals surface area contributed by atoms with Crippen molar-refractivity contribution in [1.29, 1.82) is 0 Å². The van der Waals surface area contributed by atoms with Crippen LogP contribution >= 0.6 is 0 Å². The molecule has 2 N–H and O–H groups in total. The van der Waals surface area contributed by atoms with Crippen molar-refractivity contribution in [3.63, 3.8) is 0 Å². The zero-order chi connectivity index (χ0) is 13.3. The number of nitrogens with one attached hydrogen (secondary N) is 2. The molecule has 5 atom stereocenters. The molecule has 1 amide bonds. The Morgan fingerprint density at radius 2 is 1.89 bits per heavy atom. The summed E-state index contributed by atoms with van der Waals surface area (Å²) in [6, 6.07) is 0.519. The number of allylic oxidation sites excluding steroid dienone is 2. The van der Waals surface area contributed by atoms with Gasteiger partial charge in [0.2, 0.25) is 5.91 Å². The first-order valence-corrected chi connectivity index (χ1v) is 7.22. The van der Waals surface area contributed by atoms with E-state index in [1.807, 2.05) is 20.8 Å². The third-order valence-corrected chi connectivity index (χ3v) is 4.31. The van der Waals surface area contributed by atoms with Gasteiger partial charge in [-0.25, -0.2) is 0 Å². The third-order valence-electron chi connectivity index (χ3n) is 4.31. The molecule has 3 heteroatoms. The summed E-state index contributed by atoms with van der Waals surface area (Å²) in [6.07, 6.45) is 7.34. The Morgan fingerprint density at radius 3 is 2.39 bits per heavy atom. The van der Waals surface area contributed by atoms with Gasteiger partial charge in [-0.2, -0.15) is 0 Å². The van der Waals surface area contributed by atoms with E-state index in [1.54, 1.807) is 0 Å². The molecule has 0 heterocycles. The predicted molar refractivity (Wildman–Crippen MR) is 74.2 cm³/mol. The number of rotatable bonds is 5. The van der Waals surface area contributed by atoms with Gasteiger partial charge in [0, 0.05) is 12.1 Å². The summed E-state index contributed by atoms with van der Waals surface area (Å²) in [4.78, 5) is 11.9. The summed E-state index contributed by atoms with van der Waals surface area (Å²) < 4.78 is 0.